The second-order valence-corrected chi connectivity index (χ2v) is 5.91. The van der Waals surface area contributed by atoms with Crippen LogP contribution in [-0.4, -0.2) is 77.2 Å². The van der Waals surface area contributed by atoms with E-state index < -0.39 is 36.3 Å². The van der Waals surface area contributed by atoms with Gasteiger partial charge in [0.15, 0.2) is 0 Å². The lowest BCUT2D eigenvalue weighted by Gasteiger charge is -2.35. The number of rotatable bonds is 2. The fourth-order valence-corrected chi connectivity index (χ4v) is 2.96. The number of piperazine rings is 1. The van der Waals surface area contributed by atoms with Gasteiger partial charge in [0.05, 0.1) is 11.1 Å². The van der Waals surface area contributed by atoms with Crippen LogP contribution >= 0.6 is 0 Å². The van der Waals surface area contributed by atoms with Crippen molar-refractivity contribution in [3.63, 3.8) is 0 Å². The predicted octanol–water partition coefficient (Wildman–Crippen LogP) is 0.516. The summed E-state index contributed by atoms with van der Waals surface area (Å²) in [4.78, 5) is 50.7. The molecule has 7 nitrogen and oxygen atoms in total. The number of hydrogen-bond acceptors (Lipinski definition) is 4. The van der Waals surface area contributed by atoms with Gasteiger partial charge in [-0.1, -0.05) is 12.1 Å². The van der Waals surface area contributed by atoms with Gasteiger partial charge in [-0.05, 0) is 12.1 Å². The molecule has 0 unspecified atom stereocenters. The largest absolute Gasteiger partial charge is 0.471 e. The van der Waals surface area contributed by atoms with Gasteiger partial charge in [-0.3, -0.25) is 24.1 Å². The third-order valence-electron chi connectivity index (χ3n) is 4.33. The van der Waals surface area contributed by atoms with Crippen LogP contribution in [0.1, 0.15) is 20.7 Å². The van der Waals surface area contributed by atoms with Crippen LogP contribution < -0.4 is 0 Å². The minimum atomic E-state index is -4.95. The van der Waals surface area contributed by atoms with E-state index in [0.29, 0.717) is 4.90 Å². The van der Waals surface area contributed by atoms with Crippen LogP contribution in [0.15, 0.2) is 24.3 Å². The molecule has 10 heteroatoms. The lowest BCUT2D eigenvalue weighted by molar-refractivity contribution is -0.187. The number of hydrogen-bond donors (Lipinski definition) is 0. The van der Waals surface area contributed by atoms with E-state index in [1.54, 1.807) is 12.1 Å². The molecule has 1 saturated heterocycles. The quantitative estimate of drug-likeness (QED) is 0.712. The summed E-state index contributed by atoms with van der Waals surface area (Å²) >= 11 is 0. The van der Waals surface area contributed by atoms with E-state index in [4.69, 9.17) is 0 Å². The van der Waals surface area contributed by atoms with Crippen molar-refractivity contribution in [3.8, 4) is 0 Å². The van der Waals surface area contributed by atoms with Crippen molar-refractivity contribution in [2.75, 3.05) is 32.7 Å². The van der Waals surface area contributed by atoms with Gasteiger partial charge in [-0.2, -0.15) is 13.2 Å². The van der Waals surface area contributed by atoms with Crippen LogP contribution in [-0.2, 0) is 9.59 Å². The summed E-state index contributed by atoms with van der Waals surface area (Å²) in [6, 6.07) is 6.18. The molecule has 0 aliphatic carbocycles. The van der Waals surface area contributed by atoms with Crippen molar-refractivity contribution in [2.24, 2.45) is 0 Å². The molecule has 2 aliphatic heterocycles. The maximum absolute atomic E-state index is 12.4. The van der Waals surface area contributed by atoms with Gasteiger partial charge in [0.2, 0.25) is 5.91 Å². The van der Waals surface area contributed by atoms with E-state index in [1.165, 1.54) is 17.0 Å². The van der Waals surface area contributed by atoms with E-state index in [2.05, 4.69) is 0 Å². The number of imide groups is 1. The lowest BCUT2D eigenvalue weighted by Crippen LogP contribution is -2.55. The topological polar surface area (TPSA) is 78.0 Å². The normalized spacial score (nSPS) is 17.6. The highest BCUT2D eigenvalue weighted by Crippen LogP contribution is 2.23. The van der Waals surface area contributed by atoms with Gasteiger partial charge in [-0.15, -0.1) is 0 Å². The number of carbonyl (C=O) groups excluding carboxylic acids is 4. The molecule has 0 radical (unpaired) electrons. The predicted molar refractivity (Wildman–Crippen MR) is 81.0 cm³/mol. The van der Waals surface area contributed by atoms with Crippen LogP contribution in [0.2, 0.25) is 0 Å². The molecule has 138 valence electrons. The fourth-order valence-electron chi connectivity index (χ4n) is 2.96. The average Bonchev–Trinajstić information content (AvgIpc) is 2.86. The molecule has 0 spiro atoms. The summed E-state index contributed by atoms with van der Waals surface area (Å²) in [5.74, 6) is -3.65. The molecule has 2 aliphatic rings. The Balaban J connectivity index is 1.60. The summed E-state index contributed by atoms with van der Waals surface area (Å²) in [6.45, 7) is -1.19. The van der Waals surface area contributed by atoms with Gasteiger partial charge >= 0.3 is 12.1 Å². The smallest absolute Gasteiger partial charge is 0.338 e. The van der Waals surface area contributed by atoms with Crippen molar-refractivity contribution in [1.82, 2.24) is 14.7 Å². The number of nitrogens with zero attached hydrogens (tertiary/aromatic N) is 3. The van der Waals surface area contributed by atoms with Crippen molar-refractivity contribution in [3.05, 3.63) is 35.4 Å². The standard InChI is InChI=1S/C16H14F3N3O4/c17-16(18,19)15(26)21-7-5-20(6-8-21)12(23)9-22-13(24)10-3-1-2-4-11(10)14(22)25/h1-4H,5-9H2. The maximum Gasteiger partial charge on any atom is 0.471 e. The van der Waals surface area contributed by atoms with Gasteiger partial charge in [-0.25, -0.2) is 0 Å². The second-order valence-electron chi connectivity index (χ2n) is 5.91. The molecule has 1 fully saturated rings. The van der Waals surface area contributed by atoms with Crippen LogP contribution in [0.4, 0.5) is 13.2 Å². The zero-order valence-electron chi connectivity index (χ0n) is 13.5. The first kappa shape index (κ1) is 17.9. The number of alkyl halides is 3. The molecule has 1 aromatic carbocycles. The van der Waals surface area contributed by atoms with Crippen LogP contribution in [0.5, 0.6) is 0 Å². The lowest BCUT2D eigenvalue weighted by atomic mass is 10.1. The van der Waals surface area contributed by atoms with Crippen LogP contribution in [0, 0.1) is 0 Å². The van der Waals surface area contributed by atoms with Crippen molar-refractivity contribution in [1.29, 1.82) is 0 Å². The summed E-state index contributed by atoms with van der Waals surface area (Å²) in [5, 5.41) is 0. The van der Waals surface area contributed by atoms with Crippen LogP contribution in [0.25, 0.3) is 0 Å². The van der Waals surface area contributed by atoms with Gasteiger partial charge < -0.3 is 9.80 Å². The Kier molecular flexibility index (Phi) is 4.43. The Hall–Kier alpha value is -2.91. The summed E-state index contributed by atoms with van der Waals surface area (Å²) < 4.78 is 37.3. The maximum atomic E-state index is 12.4. The SMILES string of the molecule is O=C(CN1C(=O)c2ccccc2C1=O)N1CCN(C(=O)C(F)(F)F)CC1. The summed E-state index contributed by atoms with van der Waals surface area (Å²) in [5.41, 5.74) is 0.428. The molecular formula is C16H14F3N3O4. The Morgan fingerprint density at radius 2 is 1.35 bits per heavy atom. The van der Waals surface area contributed by atoms with E-state index >= 15 is 0 Å². The third kappa shape index (κ3) is 3.14. The van der Waals surface area contributed by atoms with Crippen molar-refractivity contribution < 1.29 is 32.3 Å². The Morgan fingerprint density at radius 3 is 1.81 bits per heavy atom. The highest BCUT2D eigenvalue weighted by atomic mass is 19.4. The first-order valence-electron chi connectivity index (χ1n) is 7.79. The van der Waals surface area contributed by atoms with Gasteiger partial charge in [0.1, 0.15) is 6.54 Å². The zero-order valence-corrected chi connectivity index (χ0v) is 13.5. The zero-order chi connectivity index (χ0) is 19.1. The summed E-state index contributed by atoms with van der Waals surface area (Å²) in [6.07, 6.45) is -4.95. The third-order valence-corrected chi connectivity index (χ3v) is 4.33. The van der Waals surface area contributed by atoms with E-state index in [1.807, 2.05) is 0 Å². The first-order chi connectivity index (χ1) is 12.2. The monoisotopic (exact) mass is 369 g/mol. The Bertz CT molecular complexity index is 750. The molecule has 0 bridgehead atoms. The van der Waals surface area contributed by atoms with E-state index in [9.17, 15) is 32.3 Å². The van der Waals surface area contributed by atoms with E-state index in [-0.39, 0.29) is 37.3 Å². The molecule has 2 heterocycles. The number of halogens is 3. The minimum absolute atomic E-state index is 0.0934. The molecule has 1 aromatic rings. The Labute approximate surface area is 145 Å². The number of carbonyl (C=O) groups is 4. The number of benzene rings is 1. The molecular weight excluding hydrogens is 355 g/mol. The molecule has 0 atom stereocenters. The van der Waals surface area contributed by atoms with Gasteiger partial charge in [0, 0.05) is 26.2 Å². The first-order valence-corrected chi connectivity index (χ1v) is 7.79. The van der Waals surface area contributed by atoms with Crippen molar-refractivity contribution >= 4 is 23.6 Å². The highest BCUT2D eigenvalue weighted by molar-refractivity contribution is 6.22. The van der Waals surface area contributed by atoms with Gasteiger partial charge in [0.25, 0.3) is 11.8 Å². The molecule has 4 amide bonds. The van der Waals surface area contributed by atoms with E-state index in [0.717, 1.165) is 4.90 Å². The fraction of sp³-hybridized carbons (Fsp3) is 0.375. The minimum Gasteiger partial charge on any atom is -0.338 e. The molecule has 0 N–H and O–H groups in total. The molecule has 26 heavy (non-hydrogen) atoms. The molecule has 0 aromatic heterocycles. The molecule has 3 rings (SSSR count). The van der Waals surface area contributed by atoms with Crippen LogP contribution in [0.3, 0.4) is 0 Å². The number of fused-ring (bicyclic) bond motifs is 1. The average molecular weight is 369 g/mol. The highest BCUT2D eigenvalue weighted by Gasteiger charge is 2.44. The number of amides is 4. The van der Waals surface area contributed by atoms with Crippen molar-refractivity contribution in [2.45, 2.75) is 6.18 Å². The second kappa shape index (κ2) is 6.43. The Morgan fingerprint density at radius 1 is 0.885 bits per heavy atom. The molecule has 0 saturated carbocycles. The summed E-state index contributed by atoms with van der Waals surface area (Å²) in [7, 11) is 0.